The molecule has 0 unspecified atom stereocenters. The number of carbonyl (C=O) groups is 1. The summed E-state index contributed by atoms with van der Waals surface area (Å²) in [5.74, 6) is 0.764. The van der Waals surface area contributed by atoms with Crippen LogP contribution in [0.5, 0.6) is 5.75 Å². The number of benzene rings is 1. The molecule has 7 heteroatoms. The second-order valence-corrected chi connectivity index (χ2v) is 6.00. The van der Waals surface area contributed by atoms with E-state index in [2.05, 4.69) is 10.2 Å². The average molecular weight is 378 g/mol. The second-order valence-electron chi connectivity index (χ2n) is 6.00. The summed E-state index contributed by atoms with van der Waals surface area (Å²) in [6.07, 6.45) is 2.01. The Labute approximate surface area is 157 Å². The number of carbonyl (C=O) groups excluding carboxylic acids is 1. The number of para-hydroxylation sites is 1. The minimum atomic E-state index is 0. The number of rotatable bonds is 6. The number of ether oxygens (including phenoxy) is 1. The molecule has 24 heavy (non-hydrogen) atoms. The van der Waals surface area contributed by atoms with Gasteiger partial charge in [-0.25, -0.2) is 0 Å². The maximum Gasteiger partial charge on any atom is 0.257 e. The number of nitrogens with one attached hydrogen (secondary N) is 1. The predicted octanol–water partition coefficient (Wildman–Crippen LogP) is 2.29. The fourth-order valence-corrected chi connectivity index (χ4v) is 2.65. The summed E-state index contributed by atoms with van der Waals surface area (Å²) < 4.78 is 5.80. The minimum absolute atomic E-state index is 0. The molecule has 1 N–H and O–H groups in total. The first-order valence-corrected chi connectivity index (χ1v) is 7.95. The molecule has 1 aliphatic heterocycles. The monoisotopic (exact) mass is 377 g/mol. The predicted molar refractivity (Wildman–Crippen MR) is 103 cm³/mol. The number of hydrogen-bond donors (Lipinski definition) is 1. The zero-order valence-electron chi connectivity index (χ0n) is 14.7. The summed E-state index contributed by atoms with van der Waals surface area (Å²) in [7, 11) is 5.99. The number of halogens is 2. The van der Waals surface area contributed by atoms with Crippen LogP contribution in [0, 0.1) is 0 Å². The molecule has 0 radical (unpaired) electrons. The quantitative estimate of drug-likeness (QED) is 0.825. The molecule has 1 saturated heterocycles. The van der Waals surface area contributed by atoms with Crippen molar-refractivity contribution in [3.8, 4) is 5.75 Å². The fraction of sp³-hybridized carbons (Fsp3) is 0.588. The van der Waals surface area contributed by atoms with Crippen molar-refractivity contribution < 1.29 is 9.53 Å². The van der Waals surface area contributed by atoms with Gasteiger partial charge < -0.3 is 19.9 Å². The van der Waals surface area contributed by atoms with Crippen molar-refractivity contribution in [2.75, 3.05) is 47.4 Å². The van der Waals surface area contributed by atoms with Crippen molar-refractivity contribution in [1.29, 1.82) is 0 Å². The van der Waals surface area contributed by atoms with Gasteiger partial charge in [0.25, 0.3) is 5.91 Å². The van der Waals surface area contributed by atoms with Gasteiger partial charge in [0.2, 0.25) is 0 Å². The molecule has 1 amide bonds. The average Bonchev–Trinajstić information content (AvgIpc) is 2.54. The Bertz CT molecular complexity index is 492. The molecule has 0 aliphatic carbocycles. The third-order valence-electron chi connectivity index (χ3n) is 4.10. The molecular formula is C17H29Cl2N3O2. The van der Waals surface area contributed by atoms with E-state index >= 15 is 0 Å². The van der Waals surface area contributed by atoms with Gasteiger partial charge in [0.05, 0.1) is 5.56 Å². The normalized spacial score (nSPS) is 14.8. The van der Waals surface area contributed by atoms with Gasteiger partial charge in [0.15, 0.2) is 0 Å². The third kappa shape index (κ3) is 6.48. The van der Waals surface area contributed by atoms with Gasteiger partial charge in [0, 0.05) is 25.7 Å². The molecule has 0 bridgehead atoms. The Hall–Kier alpha value is -1.01. The zero-order chi connectivity index (χ0) is 15.9. The zero-order valence-corrected chi connectivity index (χ0v) is 16.3. The Morgan fingerprint density at radius 2 is 1.88 bits per heavy atom. The van der Waals surface area contributed by atoms with E-state index in [-0.39, 0.29) is 30.7 Å². The highest BCUT2D eigenvalue weighted by molar-refractivity contribution is 5.97. The largest absolute Gasteiger partial charge is 0.491 e. The van der Waals surface area contributed by atoms with Crippen LogP contribution in [-0.4, -0.2) is 69.1 Å². The van der Waals surface area contributed by atoms with E-state index in [9.17, 15) is 4.79 Å². The van der Waals surface area contributed by atoms with Crippen molar-refractivity contribution >= 4 is 30.7 Å². The topological polar surface area (TPSA) is 44.8 Å². The molecule has 1 aliphatic rings. The Balaban J connectivity index is 0.00000264. The van der Waals surface area contributed by atoms with Gasteiger partial charge in [0.1, 0.15) is 12.4 Å². The number of hydrogen-bond acceptors (Lipinski definition) is 4. The SMILES string of the molecule is CNC1CCN(C(=O)c2ccccc2OCCN(C)C)CC1.Cl.Cl. The highest BCUT2D eigenvalue weighted by Gasteiger charge is 2.24. The van der Waals surface area contributed by atoms with Crippen LogP contribution in [0.4, 0.5) is 0 Å². The molecule has 5 nitrogen and oxygen atoms in total. The number of likely N-dealkylation sites (tertiary alicyclic amines) is 1. The maximum absolute atomic E-state index is 12.7. The Kier molecular flexibility index (Phi) is 11.0. The van der Waals surface area contributed by atoms with E-state index in [0.717, 1.165) is 32.5 Å². The summed E-state index contributed by atoms with van der Waals surface area (Å²) in [4.78, 5) is 16.7. The summed E-state index contributed by atoms with van der Waals surface area (Å²) in [5, 5.41) is 3.29. The molecule has 2 rings (SSSR count). The molecule has 1 aromatic carbocycles. The summed E-state index contributed by atoms with van der Waals surface area (Å²) >= 11 is 0. The fourth-order valence-electron chi connectivity index (χ4n) is 2.65. The van der Waals surface area contributed by atoms with E-state index in [0.29, 0.717) is 24.0 Å². The summed E-state index contributed by atoms with van der Waals surface area (Å²) in [6, 6.07) is 8.07. The lowest BCUT2D eigenvalue weighted by Gasteiger charge is -2.32. The maximum atomic E-state index is 12.7. The minimum Gasteiger partial charge on any atom is -0.491 e. The summed E-state index contributed by atoms with van der Waals surface area (Å²) in [5.41, 5.74) is 0.671. The Morgan fingerprint density at radius 3 is 2.46 bits per heavy atom. The van der Waals surface area contributed by atoms with Gasteiger partial charge in [-0.15, -0.1) is 24.8 Å². The molecule has 0 aromatic heterocycles. The lowest BCUT2D eigenvalue weighted by Crippen LogP contribution is -2.44. The molecule has 138 valence electrons. The van der Waals surface area contributed by atoms with Crippen LogP contribution in [0.1, 0.15) is 23.2 Å². The lowest BCUT2D eigenvalue weighted by atomic mass is 10.0. The van der Waals surface area contributed by atoms with Gasteiger partial charge in [-0.05, 0) is 46.1 Å². The number of nitrogens with zero attached hydrogens (tertiary/aromatic N) is 2. The number of piperidine rings is 1. The first-order valence-electron chi connectivity index (χ1n) is 7.95. The highest BCUT2D eigenvalue weighted by Crippen LogP contribution is 2.22. The molecule has 1 aromatic rings. The first-order chi connectivity index (χ1) is 10.6. The van der Waals surface area contributed by atoms with Crippen LogP contribution in [0.25, 0.3) is 0 Å². The van der Waals surface area contributed by atoms with Crippen LogP contribution in [0.3, 0.4) is 0 Å². The molecule has 1 heterocycles. The Morgan fingerprint density at radius 1 is 1.25 bits per heavy atom. The van der Waals surface area contributed by atoms with Gasteiger partial charge in [-0.3, -0.25) is 4.79 Å². The molecule has 0 spiro atoms. The van der Waals surface area contributed by atoms with Gasteiger partial charge in [-0.2, -0.15) is 0 Å². The van der Waals surface area contributed by atoms with Crippen molar-refractivity contribution in [3.05, 3.63) is 29.8 Å². The van der Waals surface area contributed by atoms with Gasteiger partial charge in [-0.1, -0.05) is 12.1 Å². The van der Waals surface area contributed by atoms with Gasteiger partial charge >= 0.3 is 0 Å². The third-order valence-corrected chi connectivity index (χ3v) is 4.10. The van der Waals surface area contributed by atoms with Crippen LogP contribution in [-0.2, 0) is 0 Å². The smallest absolute Gasteiger partial charge is 0.257 e. The van der Waals surface area contributed by atoms with E-state index in [4.69, 9.17) is 4.74 Å². The van der Waals surface area contributed by atoms with Crippen LogP contribution >= 0.6 is 24.8 Å². The van der Waals surface area contributed by atoms with Crippen molar-refractivity contribution in [2.45, 2.75) is 18.9 Å². The second kappa shape index (κ2) is 11.5. The summed E-state index contributed by atoms with van der Waals surface area (Å²) in [6.45, 7) is 3.02. The first kappa shape index (κ1) is 23.0. The highest BCUT2D eigenvalue weighted by atomic mass is 35.5. The van der Waals surface area contributed by atoms with E-state index in [1.807, 2.05) is 50.3 Å². The molecule has 0 atom stereocenters. The number of likely N-dealkylation sites (N-methyl/N-ethyl adjacent to an activating group) is 1. The number of amides is 1. The standard InChI is InChI=1S/C17H27N3O2.2ClH/c1-18-14-8-10-20(11-9-14)17(21)15-6-4-5-7-16(15)22-13-12-19(2)3;;/h4-7,14,18H,8-13H2,1-3H3;2*1H. The van der Waals surface area contributed by atoms with Crippen LogP contribution in [0.15, 0.2) is 24.3 Å². The molecule has 0 saturated carbocycles. The molecular weight excluding hydrogens is 349 g/mol. The van der Waals surface area contributed by atoms with Crippen molar-refractivity contribution in [2.24, 2.45) is 0 Å². The lowest BCUT2D eigenvalue weighted by molar-refractivity contribution is 0.0702. The van der Waals surface area contributed by atoms with E-state index < -0.39 is 0 Å². The van der Waals surface area contributed by atoms with Crippen molar-refractivity contribution in [3.63, 3.8) is 0 Å². The van der Waals surface area contributed by atoms with E-state index in [1.54, 1.807) is 0 Å². The van der Waals surface area contributed by atoms with Crippen LogP contribution in [0.2, 0.25) is 0 Å². The van der Waals surface area contributed by atoms with Crippen molar-refractivity contribution in [1.82, 2.24) is 15.1 Å². The molecule has 1 fully saturated rings. The van der Waals surface area contributed by atoms with Crippen LogP contribution < -0.4 is 10.1 Å². The van der Waals surface area contributed by atoms with E-state index in [1.165, 1.54) is 0 Å².